The predicted molar refractivity (Wildman–Crippen MR) is 51.9 cm³/mol. The third-order valence-electron chi connectivity index (χ3n) is 1.61. The van der Waals surface area contributed by atoms with Gasteiger partial charge in [-0.05, 0) is 15.9 Å². The molecule has 0 bridgehead atoms. The number of hydrogen-bond donors (Lipinski definition) is 0. The van der Waals surface area contributed by atoms with Crippen molar-refractivity contribution in [1.29, 1.82) is 0 Å². The maximum atomic E-state index is 13.4. The van der Waals surface area contributed by atoms with Crippen molar-refractivity contribution in [2.24, 2.45) is 0 Å². The summed E-state index contributed by atoms with van der Waals surface area (Å²) in [6.07, 6.45) is 0.210. The number of carbonyl (C=O) groups excluding carboxylic acids is 1. The molecule has 0 radical (unpaired) electrons. The van der Waals surface area contributed by atoms with Gasteiger partial charge in [0.2, 0.25) is 0 Å². The number of ether oxygens (including phenoxy) is 2. The van der Waals surface area contributed by atoms with Crippen molar-refractivity contribution in [3.8, 4) is 5.75 Å². The summed E-state index contributed by atoms with van der Waals surface area (Å²) >= 11 is 2.76. The van der Waals surface area contributed by atoms with Crippen LogP contribution in [-0.2, 0) is 4.74 Å². The van der Waals surface area contributed by atoms with Gasteiger partial charge in [0.1, 0.15) is 5.82 Å². The van der Waals surface area contributed by atoms with Crippen molar-refractivity contribution in [2.45, 2.75) is 0 Å². The van der Waals surface area contributed by atoms with Gasteiger partial charge in [-0.1, -0.05) is 0 Å². The molecular weight excluding hydrogens is 274 g/mol. The van der Waals surface area contributed by atoms with Crippen LogP contribution in [0.3, 0.4) is 0 Å². The lowest BCUT2D eigenvalue weighted by atomic mass is 10.2. The van der Waals surface area contributed by atoms with Crippen LogP contribution in [0.1, 0.15) is 10.4 Å². The van der Waals surface area contributed by atoms with Gasteiger partial charge >= 0.3 is 0 Å². The molecule has 0 aliphatic rings. The van der Waals surface area contributed by atoms with E-state index in [2.05, 4.69) is 20.7 Å². The summed E-state index contributed by atoms with van der Waals surface area (Å²) in [6.45, 7) is -0.226. The Morgan fingerprint density at radius 3 is 2.73 bits per heavy atom. The molecular formula is C9H7BrF2O3. The van der Waals surface area contributed by atoms with E-state index in [9.17, 15) is 13.6 Å². The molecule has 3 nitrogen and oxygen atoms in total. The van der Waals surface area contributed by atoms with E-state index >= 15 is 0 Å². The van der Waals surface area contributed by atoms with Crippen molar-refractivity contribution >= 4 is 22.2 Å². The molecule has 0 aliphatic carbocycles. The van der Waals surface area contributed by atoms with Gasteiger partial charge in [-0.3, -0.25) is 4.79 Å². The first-order chi connectivity index (χ1) is 7.11. The Kier molecular flexibility index (Phi) is 4.16. The lowest BCUT2D eigenvalue weighted by Crippen LogP contribution is -2.04. The smallest absolute Gasteiger partial charge is 0.188 e. The van der Waals surface area contributed by atoms with Crippen LogP contribution in [0.25, 0.3) is 0 Å². The number of benzene rings is 1. The molecule has 0 heterocycles. The predicted octanol–water partition coefficient (Wildman–Crippen LogP) is 2.52. The van der Waals surface area contributed by atoms with Crippen LogP contribution < -0.4 is 4.74 Å². The molecule has 15 heavy (non-hydrogen) atoms. The molecule has 82 valence electrons. The molecule has 0 saturated carbocycles. The van der Waals surface area contributed by atoms with Gasteiger partial charge in [0.05, 0.1) is 10.0 Å². The molecule has 0 spiro atoms. The summed E-state index contributed by atoms with van der Waals surface area (Å²) in [5.41, 5.74) is -0.416. The van der Waals surface area contributed by atoms with E-state index in [1.54, 1.807) is 0 Å². The quantitative estimate of drug-likeness (QED) is 0.483. The standard InChI is InChI=1S/C9H7BrF2O3/c1-14-4-15-7-2-6(11)8(10)5(3-13)9(7)12/h2-3H,4H2,1H3. The van der Waals surface area contributed by atoms with Gasteiger partial charge in [0.15, 0.2) is 24.6 Å². The zero-order valence-electron chi connectivity index (χ0n) is 7.72. The van der Waals surface area contributed by atoms with E-state index in [0.29, 0.717) is 0 Å². The van der Waals surface area contributed by atoms with Crippen molar-refractivity contribution in [3.63, 3.8) is 0 Å². The lowest BCUT2D eigenvalue weighted by Gasteiger charge is -2.08. The zero-order chi connectivity index (χ0) is 11.4. The zero-order valence-corrected chi connectivity index (χ0v) is 9.31. The summed E-state index contributed by atoms with van der Waals surface area (Å²) in [4.78, 5) is 10.5. The highest BCUT2D eigenvalue weighted by molar-refractivity contribution is 9.10. The Balaban J connectivity index is 3.18. The Hall–Kier alpha value is -1.01. The normalized spacial score (nSPS) is 10.1. The molecule has 0 amide bonds. The maximum Gasteiger partial charge on any atom is 0.188 e. The van der Waals surface area contributed by atoms with Crippen LogP contribution >= 0.6 is 15.9 Å². The van der Waals surface area contributed by atoms with Crippen LogP contribution in [0.4, 0.5) is 8.78 Å². The fraction of sp³-hybridized carbons (Fsp3) is 0.222. The van der Waals surface area contributed by atoms with E-state index in [4.69, 9.17) is 4.74 Å². The Morgan fingerprint density at radius 2 is 2.20 bits per heavy atom. The average Bonchev–Trinajstić information content (AvgIpc) is 2.22. The van der Waals surface area contributed by atoms with Gasteiger partial charge in [-0.25, -0.2) is 8.78 Å². The fourth-order valence-electron chi connectivity index (χ4n) is 0.930. The van der Waals surface area contributed by atoms with E-state index in [1.807, 2.05) is 0 Å². The summed E-state index contributed by atoms with van der Waals surface area (Å²) in [5, 5.41) is 0. The van der Waals surface area contributed by atoms with E-state index in [-0.39, 0.29) is 23.3 Å². The van der Waals surface area contributed by atoms with Crippen LogP contribution in [0.2, 0.25) is 0 Å². The first-order valence-electron chi connectivity index (χ1n) is 3.86. The number of carbonyl (C=O) groups is 1. The fourth-order valence-corrected chi connectivity index (χ4v) is 1.31. The molecule has 0 fully saturated rings. The average molecular weight is 281 g/mol. The highest BCUT2D eigenvalue weighted by atomic mass is 79.9. The summed E-state index contributed by atoms with van der Waals surface area (Å²) in [7, 11) is 1.34. The van der Waals surface area contributed by atoms with E-state index in [1.165, 1.54) is 7.11 Å². The van der Waals surface area contributed by atoms with Crippen LogP contribution in [-0.4, -0.2) is 20.2 Å². The second kappa shape index (κ2) is 5.18. The molecule has 1 rings (SSSR count). The summed E-state index contributed by atoms with van der Waals surface area (Å²) < 4.78 is 35.6. The van der Waals surface area contributed by atoms with Gasteiger partial charge in [-0.2, -0.15) is 0 Å². The monoisotopic (exact) mass is 280 g/mol. The minimum atomic E-state index is -0.921. The first-order valence-corrected chi connectivity index (χ1v) is 4.65. The molecule has 0 atom stereocenters. The van der Waals surface area contributed by atoms with Gasteiger partial charge in [-0.15, -0.1) is 0 Å². The Morgan fingerprint density at radius 1 is 1.53 bits per heavy atom. The van der Waals surface area contributed by atoms with Gasteiger partial charge in [0.25, 0.3) is 0 Å². The van der Waals surface area contributed by atoms with Gasteiger partial charge < -0.3 is 9.47 Å². The summed E-state index contributed by atoms with van der Waals surface area (Å²) in [6, 6.07) is 0.839. The Bertz CT molecular complexity index is 382. The molecule has 0 saturated heterocycles. The van der Waals surface area contributed by atoms with Crippen LogP contribution in [0.15, 0.2) is 10.5 Å². The molecule has 0 aromatic heterocycles. The SMILES string of the molecule is COCOc1cc(F)c(Br)c(C=O)c1F. The van der Waals surface area contributed by atoms with E-state index in [0.717, 1.165) is 6.07 Å². The molecule has 0 aliphatic heterocycles. The van der Waals surface area contributed by atoms with E-state index < -0.39 is 17.2 Å². The highest BCUT2D eigenvalue weighted by Gasteiger charge is 2.17. The van der Waals surface area contributed by atoms with Crippen molar-refractivity contribution < 1.29 is 23.0 Å². The van der Waals surface area contributed by atoms with Crippen LogP contribution in [0.5, 0.6) is 5.75 Å². The third-order valence-corrected chi connectivity index (χ3v) is 2.41. The number of aldehydes is 1. The third kappa shape index (κ3) is 2.51. The molecule has 1 aromatic rings. The number of halogens is 3. The minimum absolute atomic E-state index is 0.210. The number of rotatable bonds is 4. The van der Waals surface area contributed by atoms with Crippen LogP contribution in [0, 0.1) is 11.6 Å². The minimum Gasteiger partial charge on any atom is -0.464 e. The second-order valence-electron chi connectivity index (χ2n) is 2.57. The van der Waals surface area contributed by atoms with Crippen molar-refractivity contribution in [1.82, 2.24) is 0 Å². The molecule has 1 aromatic carbocycles. The maximum absolute atomic E-state index is 13.4. The van der Waals surface area contributed by atoms with Crippen molar-refractivity contribution in [2.75, 3.05) is 13.9 Å². The molecule has 0 N–H and O–H groups in total. The lowest BCUT2D eigenvalue weighted by molar-refractivity contribution is 0.0479. The molecule has 0 unspecified atom stereocenters. The van der Waals surface area contributed by atoms with Crippen molar-refractivity contribution in [3.05, 3.63) is 27.7 Å². The molecule has 6 heteroatoms. The van der Waals surface area contributed by atoms with Gasteiger partial charge in [0, 0.05) is 13.2 Å². The number of methoxy groups -OCH3 is 1. The second-order valence-corrected chi connectivity index (χ2v) is 3.36. The Labute approximate surface area is 93.1 Å². The topological polar surface area (TPSA) is 35.5 Å². The first kappa shape index (κ1) is 12.1. The number of hydrogen-bond acceptors (Lipinski definition) is 3. The highest BCUT2D eigenvalue weighted by Crippen LogP contribution is 2.29. The largest absolute Gasteiger partial charge is 0.464 e. The summed E-state index contributed by atoms with van der Waals surface area (Å²) in [5.74, 6) is -2.06.